The average Bonchev–Trinajstić information content (AvgIpc) is 3.59. The zero-order chi connectivity index (χ0) is 23.2. The largest absolute Gasteiger partial charge is 0.507 e. The number of amides is 1. The molecule has 0 aliphatic carbocycles. The van der Waals surface area contributed by atoms with E-state index in [2.05, 4.69) is 4.98 Å². The van der Waals surface area contributed by atoms with Gasteiger partial charge >= 0.3 is 0 Å². The maximum atomic E-state index is 13.3. The van der Waals surface area contributed by atoms with Gasteiger partial charge in [-0.2, -0.15) is 0 Å². The molecule has 2 saturated heterocycles. The van der Waals surface area contributed by atoms with E-state index in [1.807, 2.05) is 66.9 Å². The molecule has 6 rings (SSSR count). The Labute approximate surface area is 196 Å². The van der Waals surface area contributed by atoms with Crippen LogP contribution in [0.2, 0.25) is 0 Å². The van der Waals surface area contributed by atoms with Gasteiger partial charge in [-0.25, -0.2) is 0 Å². The van der Waals surface area contributed by atoms with Crippen LogP contribution >= 0.6 is 0 Å². The minimum Gasteiger partial charge on any atom is -0.507 e. The van der Waals surface area contributed by atoms with Gasteiger partial charge in [-0.1, -0.05) is 54.6 Å². The summed E-state index contributed by atoms with van der Waals surface area (Å²) in [5.74, 6) is -1.43. The minimum atomic E-state index is -0.702. The van der Waals surface area contributed by atoms with E-state index in [1.54, 1.807) is 11.0 Å². The van der Waals surface area contributed by atoms with E-state index in [-0.39, 0.29) is 17.4 Å². The van der Waals surface area contributed by atoms with E-state index < -0.39 is 17.7 Å². The Morgan fingerprint density at radius 3 is 2.65 bits per heavy atom. The highest BCUT2D eigenvalue weighted by Crippen LogP contribution is 2.42. The fourth-order valence-corrected chi connectivity index (χ4v) is 5.21. The molecule has 2 unspecified atom stereocenters. The van der Waals surface area contributed by atoms with Crippen LogP contribution < -0.4 is 0 Å². The van der Waals surface area contributed by atoms with E-state index in [0.29, 0.717) is 18.7 Å². The third-order valence-electron chi connectivity index (χ3n) is 6.90. The summed E-state index contributed by atoms with van der Waals surface area (Å²) in [5, 5.41) is 14.3. The quantitative estimate of drug-likeness (QED) is 0.262. The van der Waals surface area contributed by atoms with Crippen molar-refractivity contribution in [1.29, 1.82) is 0 Å². The first kappa shape index (κ1) is 20.7. The third kappa shape index (κ3) is 3.30. The molecule has 170 valence electrons. The van der Waals surface area contributed by atoms with Crippen molar-refractivity contribution in [3.05, 3.63) is 89.6 Å². The van der Waals surface area contributed by atoms with E-state index >= 15 is 0 Å². The Morgan fingerprint density at radius 1 is 1.03 bits per heavy atom. The van der Waals surface area contributed by atoms with Crippen LogP contribution in [0.25, 0.3) is 27.4 Å². The monoisotopic (exact) mass is 452 g/mol. The Balaban J connectivity index is 1.53. The van der Waals surface area contributed by atoms with E-state index in [0.717, 1.165) is 40.1 Å². The van der Waals surface area contributed by atoms with Gasteiger partial charge in [0.2, 0.25) is 0 Å². The van der Waals surface area contributed by atoms with Crippen molar-refractivity contribution < 1.29 is 19.4 Å². The van der Waals surface area contributed by atoms with Crippen molar-refractivity contribution in [1.82, 2.24) is 9.88 Å². The third-order valence-corrected chi connectivity index (χ3v) is 6.90. The van der Waals surface area contributed by atoms with Crippen LogP contribution in [0.3, 0.4) is 0 Å². The number of ether oxygens (including phenoxy) is 1. The molecule has 1 aromatic heterocycles. The van der Waals surface area contributed by atoms with Crippen molar-refractivity contribution in [2.75, 3.05) is 13.2 Å². The first-order valence-corrected chi connectivity index (χ1v) is 11.6. The van der Waals surface area contributed by atoms with Crippen LogP contribution in [0, 0.1) is 0 Å². The van der Waals surface area contributed by atoms with Crippen molar-refractivity contribution in [3.63, 3.8) is 0 Å². The van der Waals surface area contributed by atoms with Crippen LogP contribution in [-0.4, -0.2) is 45.9 Å². The molecule has 0 spiro atoms. The average molecular weight is 453 g/mol. The van der Waals surface area contributed by atoms with Gasteiger partial charge in [0, 0.05) is 41.4 Å². The maximum absolute atomic E-state index is 13.3. The number of nitrogens with one attached hydrogen (secondary N) is 1. The normalized spacial score (nSPS) is 22.3. The molecule has 2 fully saturated rings. The molecular weight excluding hydrogens is 428 g/mol. The number of nitrogens with zero attached hydrogens (tertiary/aromatic N) is 1. The molecule has 2 N–H and O–H groups in total. The summed E-state index contributed by atoms with van der Waals surface area (Å²) in [7, 11) is 0. The molecule has 2 atom stereocenters. The van der Waals surface area contributed by atoms with Gasteiger partial charge < -0.3 is 19.7 Å². The number of fused-ring (bicyclic) bond motifs is 2. The van der Waals surface area contributed by atoms with Crippen LogP contribution in [-0.2, 0) is 14.3 Å². The smallest absolute Gasteiger partial charge is 0.295 e. The van der Waals surface area contributed by atoms with Gasteiger partial charge in [-0.05, 0) is 35.7 Å². The van der Waals surface area contributed by atoms with Crippen molar-refractivity contribution in [2.24, 2.45) is 0 Å². The molecule has 2 aliphatic rings. The SMILES string of the molecule is O=C1C(=O)N(CC2CCCO2)C(c2c[nH]c3ccccc23)/C1=C(\O)c1ccc2ccccc2c1. The number of carbonyl (C=O) groups excluding carboxylic acids is 2. The molecule has 34 heavy (non-hydrogen) atoms. The lowest BCUT2D eigenvalue weighted by Crippen LogP contribution is -2.36. The molecule has 2 aliphatic heterocycles. The number of benzene rings is 3. The van der Waals surface area contributed by atoms with E-state index in [9.17, 15) is 14.7 Å². The van der Waals surface area contributed by atoms with Crippen LogP contribution in [0.1, 0.15) is 30.0 Å². The highest BCUT2D eigenvalue weighted by Gasteiger charge is 2.47. The summed E-state index contributed by atoms with van der Waals surface area (Å²) >= 11 is 0. The predicted molar refractivity (Wildman–Crippen MR) is 130 cm³/mol. The summed E-state index contributed by atoms with van der Waals surface area (Å²) in [6.45, 7) is 0.965. The Hall–Kier alpha value is -3.90. The summed E-state index contributed by atoms with van der Waals surface area (Å²) in [6.07, 6.45) is 3.49. The van der Waals surface area contributed by atoms with Crippen LogP contribution in [0.15, 0.2) is 78.5 Å². The van der Waals surface area contributed by atoms with Crippen molar-refractivity contribution in [3.8, 4) is 0 Å². The summed E-state index contributed by atoms with van der Waals surface area (Å²) in [6, 6.07) is 20.5. The molecule has 6 nitrogen and oxygen atoms in total. The molecule has 0 bridgehead atoms. The number of Topliss-reactive ketones (excluding diaryl/α,β-unsaturated/α-hetero) is 1. The van der Waals surface area contributed by atoms with Gasteiger partial charge in [0.15, 0.2) is 0 Å². The lowest BCUT2D eigenvalue weighted by atomic mass is 9.94. The van der Waals surface area contributed by atoms with Gasteiger partial charge in [0.05, 0.1) is 17.7 Å². The van der Waals surface area contributed by atoms with Crippen LogP contribution in [0.4, 0.5) is 0 Å². The number of ketones is 1. The van der Waals surface area contributed by atoms with Crippen LogP contribution in [0.5, 0.6) is 0 Å². The number of hydrogen-bond acceptors (Lipinski definition) is 4. The molecule has 4 aromatic rings. The van der Waals surface area contributed by atoms with Crippen molar-refractivity contribution >= 4 is 39.1 Å². The second kappa shape index (κ2) is 8.15. The van der Waals surface area contributed by atoms with Gasteiger partial charge in [-0.15, -0.1) is 0 Å². The minimum absolute atomic E-state index is 0.114. The maximum Gasteiger partial charge on any atom is 0.295 e. The number of aromatic amines is 1. The fraction of sp³-hybridized carbons (Fsp3) is 0.214. The zero-order valence-corrected chi connectivity index (χ0v) is 18.5. The summed E-state index contributed by atoms with van der Waals surface area (Å²) in [5.41, 5.74) is 2.32. The molecule has 1 amide bonds. The number of hydrogen-bond donors (Lipinski definition) is 2. The predicted octanol–water partition coefficient (Wildman–Crippen LogP) is 4.92. The van der Waals surface area contributed by atoms with E-state index in [1.165, 1.54) is 0 Å². The number of likely N-dealkylation sites (tertiary alicyclic amines) is 1. The summed E-state index contributed by atoms with van der Waals surface area (Å²) < 4.78 is 5.79. The van der Waals surface area contributed by atoms with Gasteiger partial charge in [0.1, 0.15) is 5.76 Å². The molecule has 3 heterocycles. The fourth-order valence-electron chi connectivity index (χ4n) is 5.21. The van der Waals surface area contributed by atoms with Gasteiger partial charge in [-0.3, -0.25) is 9.59 Å². The first-order valence-electron chi connectivity index (χ1n) is 11.6. The second-order valence-corrected chi connectivity index (χ2v) is 8.94. The van der Waals surface area contributed by atoms with Gasteiger partial charge in [0.25, 0.3) is 11.7 Å². The molecule has 0 saturated carbocycles. The molecular formula is C28H24N2O4. The Morgan fingerprint density at radius 2 is 1.82 bits per heavy atom. The number of rotatable bonds is 4. The topological polar surface area (TPSA) is 82.6 Å². The van der Waals surface area contributed by atoms with Crippen molar-refractivity contribution in [2.45, 2.75) is 25.0 Å². The molecule has 6 heteroatoms. The number of aliphatic hydroxyl groups excluding tert-OH is 1. The zero-order valence-electron chi connectivity index (χ0n) is 18.5. The first-order chi connectivity index (χ1) is 16.6. The lowest BCUT2D eigenvalue weighted by molar-refractivity contribution is -0.140. The highest BCUT2D eigenvalue weighted by atomic mass is 16.5. The highest BCUT2D eigenvalue weighted by molar-refractivity contribution is 6.46. The number of aliphatic hydroxyl groups is 1. The number of para-hydroxylation sites is 1. The standard InChI is InChI=1S/C28H24N2O4/c31-26(19-12-11-17-6-1-2-7-18(17)14-19)24-25(22-15-29-23-10-4-3-9-21(22)23)30(28(33)27(24)32)16-20-8-5-13-34-20/h1-4,6-7,9-12,14-15,20,25,29,31H,5,8,13,16H2/b26-24+. The number of aromatic nitrogens is 1. The Kier molecular flexibility index (Phi) is 4.96. The summed E-state index contributed by atoms with van der Waals surface area (Å²) in [4.78, 5) is 31.4. The molecule has 3 aromatic carbocycles. The molecule has 0 radical (unpaired) electrons. The second-order valence-electron chi connectivity index (χ2n) is 8.94. The Bertz CT molecular complexity index is 1460. The number of H-pyrrole nitrogens is 1. The van der Waals surface area contributed by atoms with E-state index in [4.69, 9.17) is 4.74 Å². The number of carbonyl (C=O) groups is 2. The lowest BCUT2D eigenvalue weighted by Gasteiger charge is -2.27.